The third-order valence-corrected chi connectivity index (χ3v) is 6.40. The molecule has 1 aliphatic heterocycles. The molecule has 5 nitrogen and oxygen atoms in total. The number of rotatable bonds is 8. The van der Waals surface area contributed by atoms with Crippen molar-refractivity contribution in [3.8, 4) is 0 Å². The maximum absolute atomic E-state index is 6.27. The molecule has 1 aliphatic rings. The fourth-order valence-electron chi connectivity index (χ4n) is 3.50. The van der Waals surface area contributed by atoms with E-state index in [1.807, 2.05) is 54.6 Å². The van der Waals surface area contributed by atoms with Gasteiger partial charge in [-0.1, -0.05) is 29.4 Å². The predicted molar refractivity (Wildman–Crippen MR) is 123 cm³/mol. The Bertz CT molecular complexity index is 982. The van der Waals surface area contributed by atoms with E-state index in [1.165, 1.54) is 0 Å². The highest BCUT2D eigenvalue weighted by Crippen LogP contribution is 2.41. The van der Waals surface area contributed by atoms with Crippen molar-refractivity contribution in [3.05, 3.63) is 77.3 Å². The Morgan fingerprint density at radius 3 is 2.77 bits per heavy atom. The molecule has 2 aromatic heterocycles. The standard InChI is InChI=1S/C22H22ClN3O2S2/c1-27-14-4-13-26-21(20(25-22(26)29)17-5-2-3-12-24-17)18-10-11-19(28-18)30-16-8-6-15(23)7-9-16/h2-3,5-12,20-21H,4,13-14H2,1H3,(H,25,29)/t20-,21-/m1/s1. The van der Waals surface area contributed by atoms with Gasteiger partial charge in [0, 0.05) is 36.4 Å². The second-order valence-electron chi connectivity index (χ2n) is 6.88. The quantitative estimate of drug-likeness (QED) is 0.353. The topological polar surface area (TPSA) is 50.5 Å². The van der Waals surface area contributed by atoms with Crippen molar-refractivity contribution in [3.63, 3.8) is 0 Å². The van der Waals surface area contributed by atoms with Crippen molar-refractivity contribution in [2.75, 3.05) is 20.3 Å². The zero-order chi connectivity index (χ0) is 20.9. The van der Waals surface area contributed by atoms with Gasteiger partial charge < -0.3 is 19.4 Å². The molecule has 1 aromatic carbocycles. The maximum atomic E-state index is 6.27. The van der Waals surface area contributed by atoms with E-state index in [9.17, 15) is 0 Å². The lowest BCUT2D eigenvalue weighted by Gasteiger charge is -2.25. The molecule has 1 N–H and O–H groups in total. The zero-order valence-electron chi connectivity index (χ0n) is 16.5. The van der Waals surface area contributed by atoms with Gasteiger partial charge in [0.15, 0.2) is 10.2 Å². The molecular formula is C22H22ClN3O2S2. The van der Waals surface area contributed by atoms with Gasteiger partial charge in [0.05, 0.1) is 11.7 Å². The van der Waals surface area contributed by atoms with Crippen LogP contribution in [0.15, 0.2) is 75.2 Å². The lowest BCUT2D eigenvalue weighted by molar-refractivity contribution is 0.176. The summed E-state index contributed by atoms with van der Waals surface area (Å²) in [4.78, 5) is 7.79. The van der Waals surface area contributed by atoms with Crippen LogP contribution < -0.4 is 5.32 Å². The summed E-state index contributed by atoms with van der Waals surface area (Å²) in [7, 11) is 1.71. The SMILES string of the molecule is COCCCN1C(=S)N[C@H](c2ccccn2)[C@H]1c1ccc(Sc2ccc(Cl)cc2)o1. The van der Waals surface area contributed by atoms with E-state index in [2.05, 4.69) is 15.2 Å². The number of nitrogens with one attached hydrogen (secondary N) is 1. The van der Waals surface area contributed by atoms with Gasteiger partial charge >= 0.3 is 0 Å². The summed E-state index contributed by atoms with van der Waals surface area (Å²) in [6, 6.07) is 17.5. The van der Waals surface area contributed by atoms with Crippen molar-refractivity contribution >= 4 is 40.7 Å². The maximum Gasteiger partial charge on any atom is 0.170 e. The van der Waals surface area contributed by atoms with E-state index in [4.69, 9.17) is 33.0 Å². The number of halogens is 1. The van der Waals surface area contributed by atoms with Crippen LogP contribution in [0.4, 0.5) is 0 Å². The van der Waals surface area contributed by atoms with Gasteiger partial charge in [-0.05, 0) is 67.2 Å². The number of thiocarbonyl (C=S) groups is 1. The minimum absolute atomic E-state index is 0.0798. The number of furan rings is 1. The molecule has 2 atom stereocenters. The molecule has 0 radical (unpaired) electrons. The monoisotopic (exact) mass is 459 g/mol. The zero-order valence-corrected chi connectivity index (χ0v) is 18.8. The second-order valence-corrected chi connectivity index (χ2v) is 8.78. The van der Waals surface area contributed by atoms with Crippen molar-refractivity contribution in [1.82, 2.24) is 15.2 Å². The fourth-order valence-corrected chi connectivity index (χ4v) is 4.74. The van der Waals surface area contributed by atoms with Crippen LogP contribution in [0.5, 0.6) is 0 Å². The molecule has 8 heteroatoms. The third kappa shape index (κ3) is 4.81. The van der Waals surface area contributed by atoms with Crippen LogP contribution in [0.2, 0.25) is 5.02 Å². The Morgan fingerprint density at radius 1 is 1.20 bits per heavy atom. The van der Waals surface area contributed by atoms with Crippen LogP contribution in [0.3, 0.4) is 0 Å². The highest BCUT2D eigenvalue weighted by Gasteiger charge is 2.41. The first-order valence-electron chi connectivity index (χ1n) is 9.66. The molecule has 30 heavy (non-hydrogen) atoms. The Labute approximate surface area is 190 Å². The molecule has 3 heterocycles. The van der Waals surface area contributed by atoms with Crippen molar-refractivity contribution in [2.45, 2.75) is 28.5 Å². The lowest BCUT2D eigenvalue weighted by atomic mass is 10.0. The summed E-state index contributed by atoms with van der Waals surface area (Å²) in [5.74, 6) is 0.854. The number of nitrogens with zero attached hydrogens (tertiary/aromatic N) is 2. The van der Waals surface area contributed by atoms with Crippen LogP contribution in [0.25, 0.3) is 0 Å². The van der Waals surface area contributed by atoms with Gasteiger partial charge in [0.1, 0.15) is 11.8 Å². The van der Waals surface area contributed by atoms with E-state index < -0.39 is 0 Å². The third-order valence-electron chi connectivity index (χ3n) is 4.87. The first kappa shape index (κ1) is 21.2. The van der Waals surface area contributed by atoms with Gasteiger partial charge in [-0.3, -0.25) is 4.98 Å². The first-order valence-corrected chi connectivity index (χ1v) is 11.3. The molecule has 156 valence electrons. The summed E-state index contributed by atoms with van der Waals surface area (Å²) in [6.07, 6.45) is 2.67. The molecule has 0 aliphatic carbocycles. The molecule has 0 saturated carbocycles. The summed E-state index contributed by atoms with van der Waals surface area (Å²) in [5, 5.41) is 5.68. The van der Waals surface area contributed by atoms with E-state index in [-0.39, 0.29) is 12.1 Å². The molecule has 0 unspecified atom stereocenters. The van der Waals surface area contributed by atoms with E-state index >= 15 is 0 Å². The fraction of sp³-hybridized carbons (Fsp3) is 0.273. The Hall–Kier alpha value is -2.06. The molecule has 1 saturated heterocycles. The molecule has 4 rings (SSSR count). The number of methoxy groups -OCH3 is 1. The predicted octanol–water partition coefficient (Wildman–Crippen LogP) is 5.49. The van der Waals surface area contributed by atoms with E-state index in [0.29, 0.717) is 11.7 Å². The molecule has 0 bridgehead atoms. The van der Waals surface area contributed by atoms with Gasteiger partial charge in [-0.15, -0.1) is 0 Å². The van der Waals surface area contributed by atoms with Crippen molar-refractivity contribution in [2.24, 2.45) is 0 Å². The Kier molecular flexibility index (Phi) is 6.94. The molecule has 3 aromatic rings. The lowest BCUT2D eigenvalue weighted by Crippen LogP contribution is -2.31. The van der Waals surface area contributed by atoms with Crippen molar-refractivity contribution < 1.29 is 9.15 Å². The number of hydrogen-bond donors (Lipinski definition) is 1. The number of benzene rings is 1. The van der Waals surface area contributed by atoms with E-state index in [0.717, 1.165) is 39.4 Å². The molecular weight excluding hydrogens is 438 g/mol. The molecule has 1 fully saturated rings. The summed E-state index contributed by atoms with van der Waals surface area (Å²) in [5.41, 5.74) is 0.933. The number of aromatic nitrogens is 1. The number of pyridine rings is 1. The minimum atomic E-state index is -0.0826. The number of ether oxygens (including phenoxy) is 1. The Morgan fingerprint density at radius 2 is 2.03 bits per heavy atom. The van der Waals surface area contributed by atoms with Crippen molar-refractivity contribution in [1.29, 1.82) is 0 Å². The normalized spacial score (nSPS) is 18.6. The van der Waals surface area contributed by atoms with Crippen LogP contribution in [0.1, 0.15) is 30.0 Å². The average Bonchev–Trinajstić information content (AvgIpc) is 3.35. The highest BCUT2D eigenvalue weighted by molar-refractivity contribution is 7.99. The van der Waals surface area contributed by atoms with Gasteiger partial charge in [-0.2, -0.15) is 0 Å². The summed E-state index contributed by atoms with van der Waals surface area (Å²) >= 11 is 13.2. The van der Waals surface area contributed by atoms with Gasteiger partial charge in [0.25, 0.3) is 0 Å². The largest absolute Gasteiger partial charge is 0.452 e. The highest BCUT2D eigenvalue weighted by atomic mass is 35.5. The van der Waals surface area contributed by atoms with Crippen LogP contribution >= 0.6 is 35.6 Å². The molecule has 0 amide bonds. The van der Waals surface area contributed by atoms with Crippen LogP contribution in [0, 0.1) is 0 Å². The van der Waals surface area contributed by atoms with Crippen LogP contribution in [-0.2, 0) is 4.74 Å². The average molecular weight is 460 g/mol. The smallest absolute Gasteiger partial charge is 0.170 e. The number of hydrogen-bond acceptors (Lipinski definition) is 5. The summed E-state index contributed by atoms with van der Waals surface area (Å²) < 4.78 is 11.5. The van der Waals surface area contributed by atoms with E-state index in [1.54, 1.807) is 25.1 Å². The van der Waals surface area contributed by atoms with Crippen LogP contribution in [-0.4, -0.2) is 35.3 Å². The Balaban J connectivity index is 1.60. The second kappa shape index (κ2) is 9.83. The molecule has 0 spiro atoms. The minimum Gasteiger partial charge on any atom is -0.452 e. The van der Waals surface area contributed by atoms with Gasteiger partial charge in [-0.25, -0.2) is 0 Å². The van der Waals surface area contributed by atoms with Gasteiger partial charge in [0.2, 0.25) is 0 Å². The summed E-state index contributed by atoms with van der Waals surface area (Å²) in [6.45, 7) is 1.45. The first-order chi connectivity index (χ1) is 14.7.